The van der Waals surface area contributed by atoms with Crippen molar-refractivity contribution in [2.45, 2.75) is 0 Å². The van der Waals surface area contributed by atoms with E-state index in [1.165, 1.54) is 0 Å². The molecule has 96 valence electrons. The van der Waals surface area contributed by atoms with Gasteiger partial charge in [0.05, 0.1) is 0 Å². The minimum Gasteiger partial charge on any atom is -0.894 e. The molecule has 0 aromatic rings. The molecule has 0 atom stereocenters. The van der Waals surface area contributed by atoms with Gasteiger partial charge in [-0.2, -0.15) is 0 Å². The summed E-state index contributed by atoms with van der Waals surface area (Å²) in [4.78, 5) is 103. The molecule has 0 fully saturated rings. The zero-order chi connectivity index (χ0) is 13.5. The van der Waals surface area contributed by atoms with Crippen LogP contribution in [0.15, 0.2) is 0 Å². The van der Waals surface area contributed by atoms with Crippen molar-refractivity contribution < 1.29 is 57.5 Å². The fourth-order valence-electron chi connectivity index (χ4n) is 0. The first kappa shape index (κ1) is 49.5. The molecule has 0 aliphatic heterocycles. The van der Waals surface area contributed by atoms with Gasteiger partial charge in [-0.3, -0.25) is 0 Å². The van der Waals surface area contributed by atoms with E-state index in [2.05, 4.69) is 0 Å². The van der Waals surface area contributed by atoms with Gasteiger partial charge in [0.25, 0.3) is 0 Å². The maximum absolute atomic E-state index is 8.58. The van der Waals surface area contributed by atoms with Crippen LogP contribution in [0.2, 0.25) is 0 Å². The third-order valence-corrected chi connectivity index (χ3v) is 0. The van der Waals surface area contributed by atoms with Crippen molar-refractivity contribution in [1.82, 2.24) is 0 Å². The van der Waals surface area contributed by atoms with Crippen molar-refractivity contribution in [1.29, 1.82) is 0 Å². The largest absolute Gasteiger partial charge is 3.00 e. The number of hydrogen-bond donors (Lipinski definition) is 0. The van der Waals surface area contributed by atoms with Crippen molar-refractivity contribution in [2.75, 3.05) is 0 Å². The summed E-state index contributed by atoms with van der Waals surface area (Å²) in [5.74, 6) is 0. The fraction of sp³-hybridized carbons (Fsp3) is 0. The molecule has 0 bridgehead atoms. The van der Waals surface area contributed by atoms with E-state index in [1.807, 2.05) is 0 Å². The molecular weight excluding hydrogens is 403 g/mol. The van der Waals surface area contributed by atoms with Gasteiger partial charge >= 0.3 is 104 Å². The first-order valence-corrected chi connectivity index (χ1v) is 7.35. The Labute approximate surface area is 186 Å². The molecule has 0 aromatic heterocycles. The molecule has 0 unspecified atom stereocenters. The Hall–Kier alpha value is 3.53. The Bertz CT molecular complexity index is 107. The molecule has 0 aromatic carbocycles. The van der Waals surface area contributed by atoms with Crippen LogP contribution in [0.4, 0.5) is 0 Å². The van der Waals surface area contributed by atoms with Gasteiger partial charge < -0.3 is 84.7 Å². The topological polar surface area (TPSA) is 277 Å². The van der Waals surface area contributed by atoms with Crippen molar-refractivity contribution in [3.8, 4) is 0 Å². The van der Waals surface area contributed by atoms with E-state index in [9.17, 15) is 0 Å². The molecule has 0 N–H and O–H groups in total. The minimum absolute atomic E-state index is 0. The molecule has 0 spiro atoms. The zero-order valence-electron chi connectivity index (χ0n) is 9.68. The summed E-state index contributed by atoms with van der Waals surface area (Å²) in [5, 5.41) is 0. The molecule has 20 heteroatoms. The van der Waals surface area contributed by atoms with Gasteiger partial charge in [-0.25, -0.2) is 0 Å². The van der Waals surface area contributed by atoms with Crippen LogP contribution >= 0.6 is 0 Å². The first-order chi connectivity index (χ1) is 6.00. The van der Waals surface area contributed by atoms with Gasteiger partial charge in [-0.1, -0.05) is 0 Å². The molecule has 0 aliphatic rings. The van der Waals surface area contributed by atoms with Crippen LogP contribution in [0, 0.1) is 0 Å². The average molecular weight is 403 g/mol. The Morgan fingerprint density at radius 1 is 0.300 bits per heavy atom. The van der Waals surface area contributed by atoms with E-state index in [1.54, 1.807) is 0 Å². The molecule has 0 amide bonds. The normalized spacial score (nSPS) is 9.00. The summed E-state index contributed by atoms with van der Waals surface area (Å²) in [6, 6.07) is 0. The maximum atomic E-state index is 8.58. The molecule has 0 saturated carbocycles. The number of hydrogen-bond acceptors (Lipinski definition) is 12. The van der Waals surface area contributed by atoms with Crippen LogP contribution in [0.1, 0.15) is 0 Å². The van der Waals surface area contributed by atoms with E-state index in [0.29, 0.717) is 0 Å². The second kappa shape index (κ2) is 22.5. The fourth-order valence-corrected chi connectivity index (χ4v) is 0. The summed E-state index contributed by atoms with van der Waals surface area (Å²) < 4.78 is 0. The summed E-state index contributed by atoms with van der Waals surface area (Å²) >= 11 is 0. The Kier molecular flexibility index (Phi) is 55.8. The molecule has 0 rings (SSSR count). The smallest absolute Gasteiger partial charge is 0.894 e. The van der Waals surface area contributed by atoms with Crippen LogP contribution in [0.25, 0.3) is 0 Å². The van der Waals surface area contributed by atoms with E-state index in [4.69, 9.17) is 57.5 Å². The first-order valence-electron chi connectivity index (χ1n) is 2.45. The van der Waals surface area contributed by atoms with Crippen molar-refractivity contribution in [3.05, 3.63) is 0 Å². The molecule has 0 saturated heterocycles. The third-order valence-electron chi connectivity index (χ3n) is 0. The molecule has 12 nitrogen and oxygen atoms in total. The van der Waals surface area contributed by atoms with Crippen LogP contribution in [0.5, 0.6) is 0 Å². The third kappa shape index (κ3) is 727. The number of rotatable bonds is 0. The van der Waals surface area contributed by atoms with Gasteiger partial charge in [-0.15, -0.1) is 0 Å². The second-order valence-electron chi connectivity index (χ2n) is 1.50. The summed E-state index contributed by atoms with van der Waals surface area (Å²) in [5.41, 5.74) is 0. The van der Waals surface area contributed by atoms with Crippen molar-refractivity contribution in [3.63, 3.8) is 0 Å². The summed E-state index contributed by atoms with van der Waals surface area (Å²) in [6.07, 6.45) is 0. The average Bonchev–Trinajstić information content (AvgIpc) is 1.41. The van der Waals surface area contributed by atoms with Crippen LogP contribution < -0.4 is 57.5 Å². The maximum Gasteiger partial charge on any atom is 3.00 e. The second-order valence-corrected chi connectivity index (χ2v) is 4.50. The van der Waals surface area contributed by atoms with Crippen LogP contribution in [0.3, 0.4) is 0 Å². The van der Waals surface area contributed by atoms with Gasteiger partial charge in [-0.05, 0) is 0 Å². The predicted octanol–water partition coefficient (Wildman–Crippen LogP) is -17.3. The molecule has 0 heterocycles. The quantitative estimate of drug-likeness (QED) is 0.341. The summed E-state index contributed by atoms with van der Waals surface area (Å²) in [6.45, 7) is 0. The van der Waals surface area contributed by atoms with Gasteiger partial charge in [0.2, 0.25) is 0 Å². The van der Waals surface area contributed by atoms with E-state index >= 15 is 0 Å². The van der Waals surface area contributed by atoms with Crippen LogP contribution in [-0.2, 0) is 0 Å². The monoisotopic (exact) mass is 402 g/mol. The molecule has 0 aliphatic carbocycles. The molecular formula is Al2Mg3O12Si3. The standard InChI is InChI=1S/2Al.3Mg.3O4Si/c;;;;;3*1-5(2,3)4/q2*+3;3*+2;3*-4. The predicted molar refractivity (Wildman–Crippen MR) is 46.0 cm³/mol. The Morgan fingerprint density at radius 3 is 0.300 bits per heavy atom. The van der Waals surface area contributed by atoms with Crippen molar-refractivity contribution in [2.24, 2.45) is 0 Å². The Balaban J connectivity index is -0.0000000160. The summed E-state index contributed by atoms with van der Waals surface area (Å²) in [7, 11) is -16.8. The Morgan fingerprint density at radius 2 is 0.300 bits per heavy atom. The van der Waals surface area contributed by atoms with E-state index in [0.717, 1.165) is 0 Å². The van der Waals surface area contributed by atoms with Crippen molar-refractivity contribution >= 4 is 131 Å². The van der Waals surface area contributed by atoms with E-state index in [-0.39, 0.29) is 104 Å². The molecule has 0 radical (unpaired) electrons. The van der Waals surface area contributed by atoms with Gasteiger partial charge in [0.1, 0.15) is 0 Å². The minimum atomic E-state index is -5.61. The van der Waals surface area contributed by atoms with Gasteiger partial charge in [0, 0.05) is 0 Å². The molecule has 20 heavy (non-hydrogen) atoms. The van der Waals surface area contributed by atoms with Gasteiger partial charge in [0.15, 0.2) is 0 Å². The zero-order valence-corrected chi connectivity index (χ0v) is 19.2. The van der Waals surface area contributed by atoms with E-state index < -0.39 is 27.1 Å². The SMILES string of the molecule is [Al+3].[Al+3].[Mg+2].[Mg+2].[Mg+2].[O-][Si]([O-])([O-])[O-].[O-][Si]([O-])([O-])[O-].[O-][Si]([O-])([O-])[O-]. The van der Waals surface area contributed by atoms with Crippen LogP contribution in [-0.4, -0.2) is 131 Å².